The molecule has 0 radical (unpaired) electrons. The summed E-state index contributed by atoms with van der Waals surface area (Å²) in [7, 11) is 2.18. The summed E-state index contributed by atoms with van der Waals surface area (Å²) in [5.74, 6) is 0. The maximum atomic E-state index is 3.39. The highest BCUT2D eigenvalue weighted by molar-refractivity contribution is 6.10. The number of fused-ring (bicyclic) bond motifs is 3. The Kier molecular flexibility index (Phi) is 4.30. The molecule has 0 saturated heterocycles. The normalized spacial score (nSPS) is 13.6. The smallest absolute Gasteiger partial charge is 0.0466 e. The molecule has 0 bridgehead atoms. The molecule has 1 atom stereocenters. The highest BCUT2D eigenvalue weighted by Gasteiger charge is 2.07. The molecule has 0 aliphatic rings. The molecular weight excluding hydrogens is 268 g/mol. The average molecular weight is 292 g/mol. The molecule has 22 heavy (non-hydrogen) atoms. The summed E-state index contributed by atoms with van der Waals surface area (Å²) in [4.78, 5) is 5.77. The first kappa shape index (κ1) is 14.9. The first-order valence-electron chi connectivity index (χ1n) is 8.08. The van der Waals surface area contributed by atoms with Crippen molar-refractivity contribution in [2.75, 3.05) is 13.6 Å². The fourth-order valence-corrected chi connectivity index (χ4v) is 3.01. The number of rotatable bonds is 5. The Labute approximate surface area is 132 Å². The van der Waals surface area contributed by atoms with Crippen LogP contribution in [0.2, 0.25) is 0 Å². The Hall–Kier alpha value is -2.06. The van der Waals surface area contributed by atoms with Gasteiger partial charge in [-0.05, 0) is 43.8 Å². The van der Waals surface area contributed by atoms with E-state index >= 15 is 0 Å². The summed E-state index contributed by atoms with van der Waals surface area (Å²) < 4.78 is 0. The predicted molar refractivity (Wildman–Crippen MR) is 97.2 cm³/mol. The molecule has 2 nitrogen and oxygen atoms in total. The van der Waals surface area contributed by atoms with Gasteiger partial charge >= 0.3 is 0 Å². The van der Waals surface area contributed by atoms with Crippen LogP contribution in [0.3, 0.4) is 0 Å². The van der Waals surface area contributed by atoms with Crippen LogP contribution in [-0.2, 0) is 0 Å². The van der Waals surface area contributed by atoms with E-state index in [9.17, 15) is 0 Å². The van der Waals surface area contributed by atoms with Crippen LogP contribution < -0.4 is 0 Å². The number of nitrogens with zero attached hydrogens (tertiary/aromatic N) is 1. The van der Waals surface area contributed by atoms with Crippen LogP contribution in [0.15, 0.2) is 48.7 Å². The summed E-state index contributed by atoms with van der Waals surface area (Å²) in [6.07, 6.45) is 7.84. The van der Waals surface area contributed by atoms with E-state index in [0.29, 0.717) is 6.04 Å². The highest BCUT2D eigenvalue weighted by Crippen LogP contribution is 2.28. The van der Waals surface area contributed by atoms with Gasteiger partial charge in [-0.2, -0.15) is 0 Å². The summed E-state index contributed by atoms with van der Waals surface area (Å²) in [5.41, 5.74) is 2.47. The van der Waals surface area contributed by atoms with E-state index in [0.717, 1.165) is 6.54 Å². The molecule has 1 N–H and O–H groups in total. The lowest BCUT2D eigenvalue weighted by Gasteiger charge is -2.20. The van der Waals surface area contributed by atoms with Crippen LogP contribution in [0.1, 0.15) is 25.8 Å². The van der Waals surface area contributed by atoms with Gasteiger partial charge in [-0.15, -0.1) is 0 Å². The third-order valence-corrected chi connectivity index (χ3v) is 4.43. The second-order valence-electron chi connectivity index (χ2n) is 6.03. The second-order valence-corrected chi connectivity index (χ2v) is 6.03. The van der Waals surface area contributed by atoms with Gasteiger partial charge in [0.2, 0.25) is 0 Å². The van der Waals surface area contributed by atoms with E-state index in [1.54, 1.807) is 0 Å². The molecule has 2 heteroatoms. The number of benzene rings is 2. The maximum Gasteiger partial charge on any atom is 0.0466 e. The van der Waals surface area contributed by atoms with Gasteiger partial charge in [0.15, 0.2) is 0 Å². The van der Waals surface area contributed by atoms with Gasteiger partial charge in [0.05, 0.1) is 0 Å². The van der Waals surface area contributed by atoms with Crippen molar-refractivity contribution in [1.82, 2.24) is 9.88 Å². The van der Waals surface area contributed by atoms with Gasteiger partial charge in [0.25, 0.3) is 0 Å². The molecule has 3 aromatic rings. The summed E-state index contributed by atoms with van der Waals surface area (Å²) in [6, 6.07) is 13.4. The molecule has 1 aromatic heterocycles. The van der Waals surface area contributed by atoms with Crippen LogP contribution in [0, 0.1) is 0 Å². The average Bonchev–Trinajstić information content (AvgIpc) is 2.96. The largest absolute Gasteiger partial charge is 0.361 e. The molecule has 0 fully saturated rings. The van der Waals surface area contributed by atoms with Crippen LogP contribution in [-0.4, -0.2) is 29.5 Å². The molecule has 0 amide bonds. The van der Waals surface area contributed by atoms with Crippen molar-refractivity contribution in [2.45, 2.75) is 26.3 Å². The minimum absolute atomic E-state index is 0.444. The van der Waals surface area contributed by atoms with Crippen molar-refractivity contribution >= 4 is 27.8 Å². The van der Waals surface area contributed by atoms with Crippen molar-refractivity contribution < 1.29 is 0 Å². The predicted octanol–water partition coefficient (Wildman–Crippen LogP) is 5.06. The first-order valence-corrected chi connectivity index (χ1v) is 8.08. The monoisotopic (exact) mass is 292 g/mol. The molecule has 0 spiro atoms. The SMILES string of the molecule is CCCN(C)C(C)/C=C/c1c[nH]c2ccc3ccccc3c12. The third-order valence-electron chi connectivity index (χ3n) is 4.43. The van der Waals surface area contributed by atoms with Crippen molar-refractivity contribution in [2.24, 2.45) is 0 Å². The number of aromatic nitrogens is 1. The topological polar surface area (TPSA) is 19.0 Å². The molecule has 0 aliphatic carbocycles. The molecular formula is C20H24N2. The van der Waals surface area contributed by atoms with Crippen molar-refractivity contribution in [1.29, 1.82) is 0 Å². The number of likely N-dealkylation sites (N-methyl/N-ethyl adjacent to an activating group) is 1. The van der Waals surface area contributed by atoms with Gasteiger partial charge < -0.3 is 9.88 Å². The Morgan fingerprint density at radius 2 is 2.00 bits per heavy atom. The van der Waals surface area contributed by atoms with Gasteiger partial charge in [0, 0.05) is 28.7 Å². The molecule has 3 rings (SSSR count). The van der Waals surface area contributed by atoms with Crippen LogP contribution in [0.4, 0.5) is 0 Å². The summed E-state index contributed by atoms with van der Waals surface area (Å²) in [6.45, 7) is 5.60. The Balaban J connectivity index is 1.99. The Bertz CT molecular complexity index is 798. The number of hydrogen-bond acceptors (Lipinski definition) is 1. The molecule has 114 valence electrons. The lowest BCUT2D eigenvalue weighted by Crippen LogP contribution is -2.27. The van der Waals surface area contributed by atoms with Crippen molar-refractivity contribution in [3.8, 4) is 0 Å². The lowest BCUT2D eigenvalue weighted by molar-refractivity contribution is 0.298. The van der Waals surface area contributed by atoms with Gasteiger partial charge in [0.1, 0.15) is 0 Å². The minimum atomic E-state index is 0.444. The third kappa shape index (κ3) is 2.79. The van der Waals surface area contributed by atoms with Gasteiger partial charge in [-0.25, -0.2) is 0 Å². The van der Waals surface area contributed by atoms with Crippen LogP contribution in [0.25, 0.3) is 27.8 Å². The van der Waals surface area contributed by atoms with Gasteiger partial charge in [-0.1, -0.05) is 49.4 Å². The zero-order valence-corrected chi connectivity index (χ0v) is 13.6. The molecule has 1 heterocycles. The van der Waals surface area contributed by atoms with Crippen molar-refractivity contribution in [3.05, 3.63) is 54.2 Å². The molecule has 1 unspecified atom stereocenters. The fraction of sp³-hybridized carbons (Fsp3) is 0.300. The van der Waals surface area contributed by atoms with E-state index in [2.05, 4.69) is 85.5 Å². The second kappa shape index (κ2) is 6.37. The van der Waals surface area contributed by atoms with E-state index in [4.69, 9.17) is 0 Å². The zero-order chi connectivity index (χ0) is 15.5. The van der Waals surface area contributed by atoms with E-state index < -0.39 is 0 Å². The van der Waals surface area contributed by atoms with Crippen LogP contribution >= 0.6 is 0 Å². The molecule has 0 saturated carbocycles. The highest BCUT2D eigenvalue weighted by atomic mass is 15.1. The maximum absolute atomic E-state index is 3.39. The molecule has 0 aliphatic heterocycles. The van der Waals surface area contributed by atoms with E-state index in [-0.39, 0.29) is 0 Å². The number of hydrogen-bond donors (Lipinski definition) is 1. The lowest BCUT2D eigenvalue weighted by atomic mass is 10.0. The van der Waals surface area contributed by atoms with Crippen LogP contribution in [0.5, 0.6) is 0 Å². The first-order chi connectivity index (χ1) is 10.7. The quantitative estimate of drug-likeness (QED) is 0.696. The summed E-state index contributed by atoms with van der Waals surface area (Å²) >= 11 is 0. The minimum Gasteiger partial charge on any atom is -0.361 e. The summed E-state index contributed by atoms with van der Waals surface area (Å²) in [5, 5.41) is 3.93. The Morgan fingerprint density at radius 3 is 2.82 bits per heavy atom. The standard InChI is InChI=1S/C20H24N2/c1-4-13-22(3)15(2)9-10-17-14-21-19-12-11-16-7-5-6-8-18(16)20(17)19/h5-12,14-15,21H,4,13H2,1-3H3/b10-9+. The van der Waals surface area contributed by atoms with Crippen molar-refractivity contribution in [3.63, 3.8) is 0 Å². The number of aromatic amines is 1. The zero-order valence-electron chi connectivity index (χ0n) is 13.6. The van der Waals surface area contributed by atoms with E-state index in [1.807, 2.05) is 0 Å². The number of H-pyrrole nitrogens is 1. The van der Waals surface area contributed by atoms with E-state index in [1.165, 1.54) is 33.7 Å². The Morgan fingerprint density at radius 1 is 1.18 bits per heavy atom. The fourth-order valence-electron chi connectivity index (χ4n) is 3.01. The molecule has 2 aromatic carbocycles. The number of nitrogens with one attached hydrogen (secondary N) is 1. The van der Waals surface area contributed by atoms with Gasteiger partial charge in [-0.3, -0.25) is 0 Å².